The number of aromatic hydroxyl groups is 1. The van der Waals surface area contributed by atoms with E-state index in [2.05, 4.69) is 5.32 Å². The van der Waals surface area contributed by atoms with Gasteiger partial charge in [0.05, 0.1) is 6.04 Å². The van der Waals surface area contributed by atoms with Gasteiger partial charge in [0.15, 0.2) is 0 Å². The van der Waals surface area contributed by atoms with Gasteiger partial charge in [0.2, 0.25) is 11.8 Å². The fourth-order valence-corrected chi connectivity index (χ4v) is 1.81. The number of nitrogens with one attached hydrogen (secondary N) is 1. The summed E-state index contributed by atoms with van der Waals surface area (Å²) in [6.07, 6.45) is 0.315. The summed E-state index contributed by atoms with van der Waals surface area (Å²) >= 11 is 0. The number of carbonyl (C=O) groups is 2. The Balaban J connectivity index is 2.62. The third-order valence-corrected chi connectivity index (χ3v) is 3.00. The van der Waals surface area contributed by atoms with E-state index in [1.807, 2.05) is 0 Å². The van der Waals surface area contributed by atoms with Gasteiger partial charge in [-0.15, -0.1) is 0 Å². The maximum atomic E-state index is 11.9. The molecule has 2 amide bonds. The molecule has 0 saturated carbocycles. The van der Waals surface area contributed by atoms with Crippen LogP contribution in [0.25, 0.3) is 0 Å². The van der Waals surface area contributed by atoms with Gasteiger partial charge in [0, 0.05) is 0 Å². The summed E-state index contributed by atoms with van der Waals surface area (Å²) in [4.78, 5) is 23.2. The van der Waals surface area contributed by atoms with E-state index in [1.54, 1.807) is 26.0 Å². The molecule has 0 heterocycles. The average Bonchev–Trinajstić information content (AvgIpc) is 2.37. The Morgan fingerprint density at radius 3 is 2.25 bits per heavy atom. The first-order valence-electron chi connectivity index (χ1n) is 6.44. The highest BCUT2D eigenvalue weighted by atomic mass is 16.3. The topological polar surface area (TPSA) is 118 Å². The summed E-state index contributed by atoms with van der Waals surface area (Å²) in [5.41, 5.74) is 11.9. The van der Waals surface area contributed by atoms with Gasteiger partial charge < -0.3 is 21.9 Å². The Kier molecular flexibility index (Phi) is 5.52. The van der Waals surface area contributed by atoms with Crippen molar-refractivity contribution in [2.75, 3.05) is 0 Å². The minimum absolute atomic E-state index is 0.0997. The van der Waals surface area contributed by atoms with Crippen molar-refractivity contribution in [1.29, 1.82) is 0 Å². The molecule has 6 N–H and O–H groups in total. The number of primary amides is 1. The number of phenols is 1. The molecule has 0 aliphatic carbocycles. The molecule has 1 aromatic rings. The average molecular weight is 279 g/mol. The molecule has 110 valence electrons. The molecule has 0 radical (unpaired) electrons. The van der Waals surface area contributed by atoms with Crippen molar-refractivity contribution in [3.8, 4) is 5.75 Å². The smallest absolute Gasteiger partial charge is 0.240 e. The number of benzene rings is 1. The molecule has 1 aromatic carbocycles. The molecule has 0 fully saturated rings. The Morgan fingerprint density at radius 1 is 1.25 bits per heavy atom. The second kappa shape index (κ2) is 6.91. The van der Waals surface area contributed by atoms with E-state index in [4.69, 9.17) is 11.5 Å². The van der Waals surface area contributed by atoms with Crippen LogP contribution in [0.4, 0.5) is 0 Å². The number of rotatable bonds is 6. The second-order valence-electron chi connectivity index (χ2n) is 5.11. The number of hydrogen-bond donors (Lipinski definition) is 4. The number of amides is 2. The summed E-state index contributed by atoms with van der Waals surface area (Å²) in [5, 5.41) is 11.7. The van der Waals surface area contributed by atoms with Gasteiger partial charge >= 0.3 is 0 Å². The first-order chi connectivity index (χ1) is 9.31. The molecule has 0 bridgehead atoms. The SMILES string of the molecule is CC(C)[C@H](NC(=O)[C@@H](N)Cc1ccc(O)cc1)C(N)=O. The lowest BCUT2D eigenvalue weighted by atomic mass is 10.0. The number of hydrogen-bond acceptors (Lipinski definition) is 4. The molecule has 0 unspecified atom stereocenters. The largest absolute Gasteiger partial charge is 0.508 e. The zero-order chi connectivity index (χ0) is 15.3. The minimum Gasteiger partial charge on any atom is -0.508 e. The van der Waals surface area contributed by atoms with Gasteiger partial charge in [-0.25, -0.2) is 0 Å². The van der Waals surface area contributed by atoms with Crippen LogP contribution in [0, 0.1) is 5.92 Å². The molecule has 20 heavy (non-hydrogen) atoms. The van der Waals surface area contributed by atoms with Crippen LogP contribution in [0.5, 0.6) is 5.75 Å². The van der Waals surface area contributed by atoms with Gasteiger partial charge in [-0.2, -0.15) is 0 Å². The van der Waals surface area contributed by atoms with E-state index < -0.39 is 23.9 Å². The lowest BCUT2D eigenvalue weighted by Crippen LogP contribution is -2.53. The lowest BCUT2D eigenvalue weighted by Gasteiger charge is -2.21. The van der Waals surface area contributed by atoms with E-state index in [0.29, 0.717) is 6.42 Å². The van der Waals surface area contributed by atoms with Crippen molar-refractivity contribution in [3.63, 3.8) is 0 Å². The zero-order valence-corrected chi connectivity index (χ0v) is 11.7. The third kappa shape index (κ3) is 4.55. The van der Waals surface area contributed by atoms with E-state index in [0.717, 1.165) is 5.56 Å². The van der Waals surface area contributed by atoms with Crippen molar-refractivity contribution < 1.29 is 14.7 Å². The summed E-state index contributed by atoms with van der Waals surface area (Å²) in [6.45, 7) is 3.59. The summed E-state index contributed by atoms with van der Waals surface area (Å²) in [7, 11) is 0. The van der Waals surface area contributed by atoms with Crippen LogP contribution in [-0.2, 0) is 16.0 Å². The van der Waals surface area contributed by atoms with Crippen LogP contribution in [0.2, 0.25) is 0 Å². The van der Waals surface area contributed by atoms with E-state index in [-0.39, 0.29) is 11.7 Å². The second-order valence-corrected chi connectivity index (χ2v) is 5.11. The summed E-state index contributed by atoms with van der Waals surface area (Å²) in [5.74, 6) is -0.946. The highest BCUT2D eigenvalue weighted by molar-refractivity contribution is 5.89. The van der Waals surface area contributed by atoms with Gasteiger partial charge in [0.25, 0.3) is 0 Å². The Labute approximate surface area is 118 Å². The lowest BCUT2D eigenvalue weighted by molar-refractivity contribution is -0.129. The molecule has 0 aromatic heterocycles. The molecule has 1 rings (SSSR count). The molecule has 0 saturated heterocycles. The molecule has 6 heteroatoms. The van der Waals surface area contributed by atoms with Crippen LogP contribution in [0.3, 0.4) is 0 Å². The van der Waals surface area contributed by atoms with Crippen molar-refractivity contribution >= 4 is 11.8 Å². The Hall–Kier alpha value is -2.08. The maximum absolute atomic E-state index is 11.9. The fourth-order valence-electron chi connectivity index (χ4n) is 1.81. The van der Waals surface area contributed by atoms with Crippen LogP contribution >= 0.6 is 0 Å². The van der Waals surface area contributed by atoms with E-state index in [9.17, 15) is 14.7 Å². The maximum Gasteiger partial charge on any atom is 0.240 e. The predicted molar refractivity (Wildman–Crippen MR) is 75.7 cm³/mol. The molecular formula is C14H21N3O3. The standard InChI is InChI=1S/C14H21N3O3/c1-8(2)12(13(16)19)17-14(20)11(15)7-9-3-5-10(18)6-4-9/h3-6,8,11-12,18H,7,15H2,1-2H3,(H2,16,19)(H,17,20)/t11-,12-/m0/s1. The Morgan fingerprint density at radius 2 is 1.80 bits per heavy atom. The van der Waals surface area contributed by atoms with Gasteiger partial charge in [-0.1, -0.05) is 26.0 Å². The highest BCUT2D eigenvalue weighted by Crippen LogP contribution is 2.11. The van der Waals surface area contributed by atoms with E-state index >= 15 is 0 Å². The molecule has 0 aliphatic rings. The number of phenolic OH excluding ortho intramolecular Hbond substituents is 1. The number of nitrogens with two attached hydrogens (primary N) is 2. The van der Waals surface area contributed by atoms with Crippen LogP contribution in [0.15, 0.2) is 24.3 Å². The van der Waals surface area contributed by atoms with Crippen LogP contribution < -0.4 is 16.8 Å². The number of carbonyl (C=O) groups excluding carboxylic acids is 2. The van der Waals surface area contributed by atoms with Crippen molar-refractivity contribution in [3.05, 3.63) is 29.8 Å². The van der Waals surface area contributed by atoms with Gasteiger partial charge in [-0.3, -0.25) is 9.59 Å². The highest BCUT2D eigenvalue weighted by Gasteiger charge is 2.24. The van der Waals surface area contributed by atoms with Crippen LogP contribution in [-0.4, -0.2) is 29.0 Å². The van der Waals surface area contributed by atoms with E-state index in [1.165, 1.54) is 12.1 Å². The monoisotopic (exact) mass is 279 g/mol. The molecule has 0 spiro atoms. The normalized spacial score (nSPS) is 13.8. The molecular weight excluding hydrogens is 258 g/mol. The van der Waals surface area contributed by atoms with Crippen molar-refractivity contribution in [2.45, 2.75) is 32.4 Å². The molecule has 0 aliphatic heterocycles. The summed E-state index contributed by atoms with van der Waals surface area (Å²) < 4.78 is 0. The fraction of sp³-hybridized carbons (Fsp3) is 0.429. The Bertz CT molecular complexity index is 471. The minimum atomic E-state index is -0.778. The third-order valence-electron chi connectivity index (χ3n) is 3.00. The molecule has 6 nitrogen and oxygen atoms in total. The quantitative estimate of drug-likeness (QED) is 0.581. The first-order valence-corrected chi connectivity index (χ1v) is 6.44. The van der Waals surface area contributed by atoms with Crippen molar-refractivity contribution in [1.82, 2.24) is 5.32 Å². The van der Waals surface area contributed by atoms with Crippen LogP contribution in [0.1, 0.15) is 19.4 Å². The zero-order valence-electron chi connectivity index (χ0n) is 11.7. The predicted octanol–water partition coefficient (Wildman–Crippen LogP) is -0.112. The van der Waals surface area contributed by atoms with Gasteiger partial charge in [0.1, 0.15) is 11.8 Å². The van der Waals surface area contributed by atoms with Crippen molar-refractivity contribution in [2.24, 2.45) is 17.4 Å². The molecule has 2 atom stereocenters. The summed E-state index contributed by atoms with van der Waals surface area (Å²) in [6, 6.07) is 4.93. The van der Waals surface area contributed by atoms with Gasteiger partial charge in [-0.05, 0) is 30.0 Å². The first kappa shape index (κ1) is 16.0.